The van der Waals surface area contributed by atoms with E-state index < -0.39 is 11.3 Å². The summed E-state index contributed by atoms with van der Waals surface area (Å²) in [6, 6.07) is 0. The van der Waals surface area contributed by atoms with Crippen molar-refractivity contribution in [2.75, 3.05) is 13.2 Å². The molecule has 1 saturated heterocycles. The number of nitrogens with one attached hydrogen (secondary N) is 1. The molecule has 0 aromatic carbocycles. The first-order chi connectivity index (χ1) is 2.89. The summed E-state index contributed by atoms with van der Waals surface area (Å²) >= 11 is -1.17. The van der Waals surface area contributed by atoms with E-state index >= 15 is 0 Å². The van der Waals surface area contributed by atoms with Crippen LogP contribution in [0.2, 0.25) is 0 Å². The molecule has 1 N–H and O–H groups in total. The Labute approximate surface area is 38.5 Å². The summed E-state index contributed by atoms with van der Waals surface area (Å²) in [7, 11) is 0. The van der Waals surface area contributed by atoms with Crippen molar-refractivity contribution in [1.29, 1.82) is 0 Å². The molecular formula is C2H5NO2S. The molecular weight excluding hydrogens is 102 g/mol. The van der Waals surface area contributed by atoms with E-state index in [2.05, 4.69) is 8.91 Å². The molecule has 0 bridgehead atoms. The summed E-state index contributed by atoms with van der Waals surface area (Å²) in [6.45, 7) is 1.29. The number of hydrogen-bond donors (Lipinski definition) is 1. The lowest BCUT2D eigenvalue weighted by molar-refractivity contribution is 0.392. The van der Waals surface area contributed by atoms with E-state index in [9.17, 15) is 4.21 Å². The molecule has 6 heavy (non-hydrogen) atoms. The third-order valence-electron chi connectivity index (χ3n) is 0.512. The summed E-state index contributed by atoms with van der Waals surface area (Å²) in [5.41, 5.74) is 0. The lowest BCUT2D eigenvalue weighted by atomic mass is 10.8. The Bertz CT molecular complexity index is 65.9. The number of rotatable bonds is 0. The molecule has 1 rings (SSSR count). The molecule has 0 spiro atoms. The molecule has 1 atom stereocenters. The molecule has 1 aliphatic heterocycles. The van der Waals surface area contributed by atoms with E-state index in [-0.39, 0.29) is 0 Å². The molecule has 36 valence electrons. The predicted molar refractivity (Wildman–Crippen MR) is 22.1 cm³/mol. The lowest BCUT2D eigenvalue weighted by Gasteiger charge is -1.78. The van der Waals surface area contributed by atoms with Crippen molar-refractivity contribution in [3.8, 4) is 0 Å². The summed E-state index contributed by atoms with van der Waals surface area (Å²) < 4.78 is 17.1. The Balaban J connectivity index is 2.37. The summed E-state index contributed by atoms with van der Waals surface area (Å²) in [5, 5.41) is 0. The largest absolute Gasteiger partial charge is 0.277 e. The van der Waals surface area contributed by atoms with Crippen molar-refractivity contribution in [2.45, 2.75) is 0 Å². The zero-order valence-corrected chi connectivity index (χ0v) is 3.96. The van der Waals surface area contributed by atoms with Crippen molar-refractivity contribution >= 4 is 11.3 Å². The van der Waals surface area contributed by atoms with Gasteiger partial charge in [-0.3, -0.25) is 4.18 Å². The summed E-state index contributed by atoms with van der Waals surface area (Å²) in [6.07, 6.45) is 0. The Morgan fingerprint density at radius 2 is 2.67 bits per heavy atom. The van der Waals surface area contributed by atoms with Gasteiger partial charge in [-0.25, -0.2) is 8.93 Å². The second-order valence-electron chi connectivity index (χ2n) is 0.951. The molecule has 1 fully saturated rings. The fraction of sp³-hybridized carbons (Fsp3) is 1.00. The van der Waals surface area contributed by atoms with Gasteiger partial charge in [0, 0.05) is 6.54 Å². The Morgan fingerprint density at radius 3 is 2.83 bits per heavy atom. The first-order valence-electron chi connectivity index (χ1n) is 1.68. The minimum absolute atomic E-state index is 0.576. The average Bonchev–Trinajstić information content (AvgIpc) is 1.86. The molecule has 0 saturated carbocycles. The molecule has 4 heteroatoms. The molecule has 1 aliphatic rings. The van der Waals surface area contributed by atoms with Crippen LogP contribution in [0.5, 0.6) is 0 Å². The smallest absolute Gasteiger partial charge is 0.234 e. The summed E-state index contributed by atoms with van der Waals surface area (Å²) in [5.74, 6) is 0. The van der Waals surface area contributed by atoms with Crippen LogP contribution in [-0.2, 0) is 15.4 Å². The standard InChI is InChI=1S/C2H5NO2S/c4-6-3-1-2-5-6/h3H,1-2H2/t6-/m1/s1. The SMILES string of the molecule is O=[S@]1NCCO1. The van der Waals surface area contributed by atoms with E-state index in [4.69, 9.17) is 0 Å². The zero-order valence-electron chi connectivity index (χ0n) is 3.14. The third kappa shape index (κ3) is 0.767. The van der Waals surface area contributed by atoms with Gasteiger partial charge in [0.2, 0.25) is 11.3 Å². The van der Waals surface area contributed by atoms with E-state index in [0.717, 1.165) is 0 Å². The van der Waals surface area contributed by atoms with Crippen LogP contribution in [0.15, 0.2) is 0 Å². The van der Waals surface area contributed by atoms with Crippen LogP contribution in [0.3, 0.4) is 0 Å². The Kier molecular flexibility index (Phi) is 1.19. The van der Waals surface area contributed by atoms with Crippen molar-refractivity contribution in [3.63, 3.8) is 0 Å². The van der Waals surface area contributed by atoms with Gasteiger partial charge in [0.05, 0.1) is 6.61 Å². The van der Waals surface area contributed by atoms with Crippen molar-refractivity contribution in [2.24, 2.45) is 0 Å². The topological polar surface area (TPSA) is 38.3 Å². The molecule has 0 aliphatic carbocycles. The highest BCUT2D eigenvalue weighted by Crippen LogP contribution is 1.85. The minimum Gasteiger partial charge on any atom is -0.277 e. The molecule has 1 heterocycles. The maximum atomic E-state index is 10.0. The molecule has 0 unspecified atom stereocenters. The first-order valence-corrected chi connectivity index (χ1v) is 2.75. The molecule has 0 aromatic heterocycles. The fourth-order valence-corrected chi connectivity index (χ4v) is 0.852. The van der Waals surface area contributed by atoms with Gasteiger partial charge in [-0.1, -0.05) is 0 Å². The number of hydrogen-bond acceptors (Lipinski definition) is 2. The third-order valence-corrected chi connectivity index (χ3v) is 1.33. The normalized spacial score (nSPS) is 34.3. The Morgan fingerprint density at radius 1 is 1.83 bits per heavy atom. The van der Waals surface area contributed by atoms with E-state index in [1.807, 2.05) is 0 Å². The first kappa shape index (κ1) is 4.23. The quantitative estimate of drug-likeness (QED) is 0.439. The van der Waals surface area contributed by atoms with Crippen molar-refractivity contribution in [3.05, 3.63) is 0 Å². The van der Waals surface area contributed by atoms with Gasteiger partial charge in [0.25, 0.3) is 0 Å². The average molecular weight is 107 g/mol. The minimum atomic E-state index is -1.17. The van der Waals surface area contributed by atoms with Crippen LogP contribution in [0.4, 0.5) is 0 Å². The van der Waals surface area contributed by atoms with Gasteiger partial charge in [0.1, 0.15) is 0 Å². The molecule has 0 radical (unpaired) electrons. The highest BCUT2D eigenvalue weighted by molar-refractivity contribution is 7.78. The van der Waals surface area contributed by atoms with Crippen molar-refractivity contribution < 1.29 is 8.39 Å². The predicted octanol–water partition coefficient (Wildman–Crippen LogP) is -0.815. The van der Waals surface area contributed by atoms with Gasteiger partial charge < -0.3 is 0 Å². The fourth-order valence-electron chi connectivity index (χ4n) is 0.284. The van der Waals surface area contributed by atoms with Gasteiger partial charge >= 0.3 is 0 Å². The van der Waals surface area contributed by atoms with E-state index in [1.54, 1.807) is 0 Å². The second kappa shape index (κ2) is 1.68. The second-order valence-corrected chi connectivity index (χ2v) is 1.94. The maximum Gasteiger partial charge on any atom is 0.234 e. The van der Waals surface area contributed by atoms with Gasteiger partial charge in [-0.15, -0.1) is 0 Å². The van der Waals surface area contributed by atoms with Gasteiger partial charge in [-0.2, -0.15) is 0 Å². The van der Waals surface area contributed by atoms with Crippen LogP contribution < -0.4 is 4.72 Å². The van der Waals surface area contributed by atoms with Crippen LogP contribution in [-0.4, -0.2) is 17.4 Å². The highest BCUT2D eigenvalue weighted by atomic mass is 32.2. The molecule has 0 aromatic rings. The summed E-state index contributed by atoms with van der Waals surface area (Å²) in [4.78, 5) is 0. The van der Waals surface area contributed by atoms with Crippen LogP contribution >= 0.6 is 0 Å². The monoisotopic (exact) mass is 107 g/mol. The molecule has 3 nitrogen and oxygen atoms in total. The highest BCUT2D eigenvalue weighted by Gasteiger charge is 2.04. The van der Waals surface area contributed by atoms with Crippen molar-refractivity contribution in [1.82, 2.24) is 4.72 Å². The maximum absolute atomic E-state index is 10.0. The lowest BCUT2D eigenvalue weighted by Crippen LogP contribution is -2.06. The van der Waals surface area contributed by atoms with E-state index in [0.29, 0.717) is 13.2 Å². The van der Waals surface area contributed by atoms with Crippen LogP contribution in [0.25, 0.3) is 0 Å². The Hall–Kier alpha value is 0.0700. The van der Waals surface area contributed by atoms with Crippen LogP contribution in [0.1, 0.15) is 0 Å². The zero-order chi connectivity index (χ0) is 4.41. The van der Waals surface area contributed by atoms with Gasteiger partial charge in [-0.05, 0) is 0 Å². The molecule has 0 amide bonds. The van der Waals surface area contributed by atoms with E-state index in [1.165, 1.54) is 0 Å². The van der Waals surface area contributed by atoms with Crippen LogP contribution in [0, 0.1) is 0 Å². The van der Waals surface area contributed by atoms with Gasteiger partial charge in [0.15, 0.2) is 0 Å².